The van der Waals surface area contributed by atoms with E-state index in [1.807, 2.05) is 0 Å². The van der Waals surface area contributed by atoms with E-state index in [1.165, 1.54) is 23.1 Å². The van der Waals surface area contributed by atoms with Crippen LogP contribution < -0.4 is 15.2 Å². The number of hydrogen-bond donors (Lipinski definition) is 2. The number of methoxy groups -OCH3 is 1. The number of piperazine rings is 1. The third kappa shape index (κ3) is 6.87. The second kappa shape index (κ2) is 12.5. The molecule has 1 aliphatic carbocycles. The van der Waals surface area contributed by atoms with Crippen molar-refractivity contribution in [3.05, 3.63) is 29.7 Å². The molecule has 1 saturated carbocycles. The van der Waals surface area contributed by atoms with Gasteiger partial charge in [-0.25, -0.2) is 14.6 Å². The van der Waals surface area contributed by atoms with Gasteiger partial charge in [-0.2, -0.15) is 8.78 Å². The summed E-state index contributed by atoms with van der Waals surface area (Å²) in [7, 11) is 1.14. The molecule has 214 valence electrons. The van der Waals surface area contributed by atoms with Crippen LogP contribution in [0, 0.1) is 5.92 Å². The molecule has 1 aromatic carbocycles. The van der Waals surface area contributed by atoms with Gasteiger partial charge in [-0.05, 0) is 43.9 Å². The fourth-order valence-electron chi connectivity index (χ4n) is 4.03. The normalized spacial score (nSPS) is 17.8. The molecule has 1 aliphatic heterocycles. The highest BCUT2D eigenvalue weighted by molar-refractivity contribution is 5.97. The maximum atomic E-state index is 13.5. The van der Waals surface area contributed by atoms with Gasteiger partial charge in [0.15, 0.2) is 23.0 Å². The molecule has 2 atom stereocenters. The Kier molecular flexibility index (Phi) is 9.56. The molecule has 0 radical (unpaired) electrons. The molecule has 1 aromatic heterocycles. The monoisotopic (exact) mass is 574 g/mol. The largest absolute Gasteiger partial charge is 0.489 e. The van der Waals surface area contributed by atoms with Crippen LogP contribution in [0.5, 0.6) is 11.5 Å². The fourth-order valence-corrected chi connectivity index (χ4v) is 4.03. The van der Waals surface area contributed by atoms with Crippen LogP contribution in [-0.4, -0.2) is 83.9 Å². The van der Waals surface area contributed by atoms with Crippen molar-refractivity contribution in [1.29, 1.82) is 0 Å². The molecule has 4 rings (SSSR count). The van der Waals surface area contributed by atoms with Crippen LogP contribution in [0.3, 0.4) is 0 Å². The number of oxazole rings is 1. The van der Waals surface area contributed by atoms with Gasteiger partial charge in [0.2, 0.25) is 5.89 Å². The van der Waals surface area contributed by atoms with Gasteiger partial charge in [0.1, 0.15) is 6.04 Å². The van der Waals surface area contributed by atoms with Crippen molar-refractivity contribution < 1.29 is 46.9 Å². The van der Waals surface area contributed by atoms with Gasteiger partial charge in [-0.3, -0.25) is 4.79 Å². The van der Waals surface area contributed by atoms with E-state index < -0.39 is 36.7 Å². The van der Waals surface area contributed by atoms with Crippen LogP contribution in [0.4, 0.5) is 13.6 Å². The van der Waals surface area contributed by atoms with Gasteiger partial charge in [0.05, 0.1) is 26.3 Å². The number of halogens is 3. The molecule has 2 fully saturated rings. The highest BCUT2D eigenvalue weighted by Crippen LogP contribution is 2.37. The van der Waals surface area contributed by atoms with Crippen LogP contribution >= 0.6 is 12.4 Å². The number of carbonyl (C=O) groups excluding carboxylic acids is 2. The van der Waals surface area contributed by atoms with E-state index in [0.717, 1.165) is 24.9 Å². The van der Waals surface area contributed by atoms with E-state index in [-0.39, 0.29) is 60.9 Å². The Labute approximate surface area is 228 Å². The van der Waals surface area contributed by atoms with Crippen molar-refractivity contribution in [3.63, 3.8) is 0 Å². The topological polar surface area (TPSA) is 158 Å². The minimum atomic E-state index is -3.05. The Morgan fingerprint density at radius 2 is 1.95 bits per heavy atom. The predicted octanol–water partition coefficient (Wildman–Crippen LogP) is 3.15. The summed E-state index contributed by atoms with van der Waals surface area (Å²) in [6.45, 7) is -1.54. The average molecular weight is 575 g/mol. The number of hydrogen-bond acceptors (Lipinski definition) is 9. The molecule has 12 nitrogen and oxygen atoms in total. The molecule has 1 saturated heterocycles. The molecule has 0 bridgehead atoms. The lowest BCUT2D eigenvalue weighted by Gasteiger charge is -2.38. The molecular weight excluding hydrogens is 546 g/mol. The molecule has 0 spiro atoms. The number of benzene rings is 1. The summed E-state index contributed by atoms with van der Waals surface area (Å²) >= 11 is 0. The third-order valence-corrected chi connectivity index (χ3v) is 6.23. The Morgan fingerprint density at radius 3 is 2.54 bits per heavy atom. The summed E-state index contributed by atoms with van der Waals surface area (Å²) in [5.41, 5.74) is 6.19. The summed E-state index contributed by atoms with van der Waals surface area (Å²) in [5, 5.41) is 9.33. The molecule has 2 amide bonds. The minimum Gasteiger partial charge on any atom is -0.489 e. The molecule has 2 aliphatic rings. The number of amides is 2. The van der Waals surface area contributed by atoms with Gasteiger partial charge < -0.3 is 39.3 Å². The number of carboxylic acid groups (broad SMARTS) is 1. The molecule has 15 heteroatoms. The van der Waals surface area contributed by atoms with E-state index in [1.54, 1.807) is 6.92 Å². The first-order chi connectivity index (χ1) is 18.1. The van der Waals surface area contributed by atoms with Crippen molar-refractivity contribution in [2.24, 2.45) is 11.7 Å². The van der Waals surface area contributed by atoms with Crippen molar-refractivity contribution in [1.82, 2.24) is 14.8 Å². The van der Waals surface area contributed by atoms with Crippen molar-refractivity contribution >= 4 is 30.4 Å². The highest BCUT2D eigenvalue weighted by atomic mass is 35.5. The van der Waals surface area contributed by atoms with Crippen molar-refractivity contribution in [2.45, 2.75) is 38.5 Å². The van der Waals surface area contributed by atoms with Crippen LogP contribution in [0.2, 0.25) is 0 Å². The van der Waals surface area contributed by atoms with Gasteiger partial charge in [0.25, 0.3) is 5.91 Å². The molecule has 2 heterocycles. The predicted molar refractivity (Wildman–Crippen MR) is 133 cm³/mol. The van der Waals surface area contributed by atoms with E-state index in [9.17, 15) is 28.3 Å². The number of nitrogens with two attached hydrogens (primary N) is 1. The van der Waals surface area contributed by atoms with Crippen LogP contribution in [-0.2, 0) is 9.53 Å². The number of aromatic nitrogens is 1. The highest BCUT2D eigenvalue weighted by Gasteiger charge is 2.40. The lowest BCUT2D eigenvalue weighted by molar-refractivity contribution is -0.147. The minimum absolute atomic E-state index is 0. The Hall–Kier alpha value is -3.65. The van der Waals surface area contributed by atoms with E-state index in [4.69, 9.17) is 19.6 Å². The van der Waals surface area contributed by atoms with E-state index in [0.29, 0.717) is 18.1 Å². The van der Waals surface area contributed by atoms with E-state index >= 15 is 0 Å². The summed E-state index contributed by atoms with van der Waals surface area (Å²) in [5.74, 6) is -1.23. The molecule has 1 unspecified atom stereocenters. The fraction of sp³-hybridized carbons (Fsp3) is 0.500. The zero-order valence-electron chi connectivity index (χ0n) is 21.2. The van der Waals surface area contributed by atoms with Crippen LogP contribution in [0.25, 0.3) is 11.5 Å². The first-order valence-corrected chi connectivity index (χ1v) is 11.9. The Balaban J connectivity index is 0.00000420. The van der Waals surface area contributed by atoms with Gasteiger partial charge >= 0.3 is 18.7 Å². The lowest BCUT2D eigenvalue weighted by Crippen LogP contribution is -2.59. The second-order valence-corrected chi connectivity index (χ2v) is 9.08. The first kappa shape index (κ1) is 29.9. The first-order valence-electron chi connectivity index (χ1n) is 11.9. The summed E-state index contributed by atoms with van der Waals surface area (Å²) in [6, 6.07) is 2.16. The Bertz CT molecular complexity index is 1210. The maximum Gasteiger partial charge on any atom is 0.407 e. The zero-order chi connectivity index (χ0) is 27.6. The molecular formula is C24H29ClF2N4O8. The molecule has 2 aromatic rings. The maximum absolute atomic E-state index is 13.5. The number of esters is 1. The van der Waals surface area contributed by atoms with Gasteiger partial charge in [0, 0.05) is 18.7 Å². The smallest absolute Gasteiger partial charge is 0.407 e. The zero-order valence-corrected chi connectivity index (χ0v) is 22.0. The molecule has 3 N–H and O–H groups in total. The second-order valence-electron chi connectivity index (χ2n) is 9.08. The van der Waals surface area contributed by atoms with Crippen molar-refractivity contribution in [3.8, 4) is 23.0 Å². The Morgan fingerprint density at radius 1 is 1.23 bits per heavy atom. The molecule has 39 heavy (non-hydrogen) atoms. The SMILES string of the molecule is COC(=O)C1CN(C(=O)O)CCN1C(=O)c1nc(-c2ccc(OC(F)F)c(OCC3CC3)c2)oc1[C@H](C)N.Cl. The summed E-state index contributed by atoms with van der Waals surface area (Å²) in [4.78, 5) is 43.9. The standard InChI is InChI=1S/C24H28F2N4O8.ClH/c1-12(27)19-18(21(31)30-8-7-29(24(33)34)10-15(30)22(32)35-2)28-20(38-19)14-5-6-16(37-23(25)26)17(9-14)36-11-13-3-4-13;/h5-6,9,12-13,15,23H,3-4,7-8,10-11,27H2,1-2H3,(H,33,34);1H/t12-,15?;/m0./s1. The lowest BCUT2D eigenvalue weighted by atomic mass is 10.1. The number of ether oxygens (including phenoxy) is 3. The average Bonchev–Trinajstić information content (AvgIpc) is 3.61. The van der Waals surface area contributed by atoms with Crippen LogP contribution in [0.15, 0.2) is 22.6 Å². The van der Waals surface area contributed by atoms with Crippen molar-refractivity contribution in [2.75, 3.05) is 33.4 Å². The van der Waals surface area contributed by atoms with Gasteiger partial charge in [-0.1, -0.05) is 0 Å². The van der Waals surface area contributed by atoms with Gasteiger partial charge in [-0.15, -0.1) is 12.4 Å². The summed E-state index contributed by atoms with van der Waals surface area (Å²) < 4.78 is 46.7. The van der Waals surface area contributed by atoms with Crippen LogP contribution in [0.1, 0.15) is 42.1 Å². The number of alkyl halides is 2. The number of rotatable bonds is 9. The number of nitrogens with zero attached hydrogens (tertiary/aromatic N) is 3. The number of carbonyl (C=O) groups is 3. The summed E-state index contributed by atoms with van der Waals surface area (Å²) in [6.07, 6.45) is 0.743. The van der Waals surface area contributed by atoms with E-state index in [2.05, 4.69) is 9.72 Å². The third-order valence-electron chi connectivity index (χ3n) is 6.23. The quantitative estimate of drug-likeness (QED) is 0.426.